The molecule has 7 rings (SSSR count). The molecule has 0 bridgehead atoms. The molecular weight excluding hydrogens is 606 g/mol. The molecule has 242 valence electrons. The number of fused-ring (bicyclic) bond motifs is 3. The number of aromatic nitrogens is 4. The van der Waals surface area contributed by atoms with E-state index in [1.54, 1.807) is 6.07 Å². The summed E-state index contributed by atoms with van der Waals surface area (Å²) in [7, 11) is 1.46. The van der Waals surface area contributed by atoms with E-state index in [9.17, 15) is 9.59 Å². The molecule has 11 heteroatoms. The van der Waals surface area contributed by atoms with Gasteiger partial charge >= 0.3 is 6.09 Å². The van der Waals surface area contributed by atoms with E-state index < -0.39 is 12.0 Å². The lowest BCUT2D eigenvalue weighted by molar-refractivity contribution is 0.0566. The zero-order valence-electron chi connectivity index (χ0n) is 26.7. The van der Waals surface area contributed by atoms with Gasteiger partial charge in [0.1, 0.15) is 11.9 Å². The van der Waals surface area contributed by atoms with Gasteiger partial charge < -0.3 is 15.2 Å². The molecule has 11 nitrogen and oxygen atoms in total. The number of primary amides is 1. The molecule has 48 heavy (non-hydrogen) atoms. The molecule has 0 unspecified atom stereocenters. The van der Waals surface area contributed by atoms with Gasteiger partial charge in [-0.15, -0.1) is 0 Å². The number of nitrogens with one attached hydrogen (secondary N) is 1. The van der Waals surface area contributed by atoms with E-state index in [2.05, 4.69) is 62.8 Å². The summed E-state index contributed by atoms with van der Waals surface area (Å²) in [5, 5.41) is 8.29. The lowest BCUT2D eigenvalue weighted by atomic mass is 9.97. The summed E-state index contributed by atoms with van der Waals surface area (Å²) in [6.45, 7) is 4.35. The number of carbonyl (C=O) groups is 2. The van der Waals surface area contributed by atoms with Gasteiger partial charge in [0.2, 0.25) is 5.91 Å². The number of nitrogens with zero attached hydrogens (tertiary/aromatic N) is 5. The van der Waals surface area contributed by atoms with Crippen molar-refractivity contribution in [3.8, 4) is 28.1 Å². The fourth-order valence-electron chi connectivity index (χ4n) is 6.16. The van der Waals surface area contributed by atoms with Crippen LogP contribution in [0.5, 0.6) is 5.75 Å². The zero-order valence-corrected chi connectivity index (χ0v) is 26.7. The van der Waals surface area contributed by atoms with Crippen molar-refractivity contribution < 1.29 is 19.1 Å². The maximum atomic E-state index is 12.6. The number of hydrogen-bond acceptors (Lipinski definition) is 8. The molecule has 1 aliphatic heterocycles. The van der Waals surface area contributed by atoms with Crippen LogP contribution in [0.1, 0.15) is 34.5 Å². The van der Waals surface area contributed by atoms with Crippen LogP contribution in [-0.2, 0) is 11.3 Å². The van der Waals surface area contributed by atoms with Gasteiger partial charge in [-0.2, -0.15) is 9.61 Å². The number of carbonyl (C=O) groups excluding carboxylic acids is 2. The number of likely N-dealkylation sites (tertiary alicyclic amines) is 1. The highest BCUT2D eigenvalue weighted by atomic mass is 16.6. The Bertz CT molecular complexity index is 2120. The molecule has 1 saturated heterocycles. The number of benzene rings is 3. The number of pyridine rings is 1. The maximum absolute atomic E-state index is 12.6. The highest BCUT2D eigenvalue weighted by Crippen LogP contribution is 2.34. The molecule has 0 atom stereocenters. The van der Waals surface area contributed by atoms with Crippen molar-refractivity contribution in [3.63, 3.8) is 0 Å². The first-order valence-electron chi connectivity index (χ1n) is 15.8. The summed E-state index contributed by atoms with van der Waals surface area (Å²) < 4.78 is 12.8. The Morgan fingerprint density at radius 3 is 2.46 bits per heavy atom. The van der Waals surface area contributed by atoms with Gasteiger partial charge in [-0.25, -0.2) is 14.8 Å². The van der Waals surface area contributed by atoms with Gasteiger partial charge in [-0.05, 0) is 55.2 Å². The lowest BCUT2D eigenvalue weighted by Crippen LogP contribution is -2.38. The second-order valence-corrected chi connectivity index (χ2v) is 12.0. The fourth-order valence-corrected chi connectivity index (χ4v) is 6.16. The molecule has 6 aromatic rings. The third-order valence-corrected chi connectivity index (χ3v) is 8.63. The summed E-state index contributed by atoms with van der Waals surface area (Å²) >= 11 is 0. The summed E-state index contributed by atoms with van der Waals surface area (Å²) in [4.78, 5) is 36.2. The molecular formula is C37H35N7O4. The highest BCUT2D eigenvalue weighted by Gasteiger charge is 2.23. The molecule has 0 spiro atoms. The minimum Gasteiger partial charge on any atom is -0.495 e. The molecule has 1 aliphatic rings. The highest BCUT2D eigenvalue weighted by molar-refractivity contribution is 5.95. The standard InChI is InChI=1S/C37H35N7O4/c1-23-18-33-39-21-28-19-30(25-6-4-3-5-7-25)34(41-36(28)44(33)42-23)26-10-8-24(9-11-26)22-43-16-14-29(15-17-43)48-37(46)40-31-13-12-27(35(38)45)20-32(31)47-2/h3-13,18-21,29H,14-17,22H2,1-2H3,(H2,38,45)(H,40,46). The van der Waals surface area contributed by atoms with Crippen molar-refractivity contribution in [2.24, 2.45) is 5.73 Å². The SMILES string of the molecule is COc1cc(C(N)=O)ccc1NC(=O)OC1CCN(Cc2ccc(-c3nc4c(cnc5cc(C)nn54)cc3-c3ccccc3)cc2)CC1. The number of methoxy groups -OCH3 is 1. The molecule has 0 radical (unpaired) electrons. The number of amides is 2. The van der Waals surface area contributed by atoms with E-state index >= 15 is 0 Å². The largest absolute Gasteiger partial charge is 0.495 e. The Morgan fingerprint density at radius 1 is 0.958 bits per heavy atom. The smallest absolute Gasteiger partial charge is 0.412 e. The van der Waals surface area contributed by atoms with Crippen LogP contribution in [0.15, 0.2) is 91.1 Å². The van der Waals surface area contributed by atoms with Crippen LogP contribution in [-0.4, -0.2) is 62.8 Å². The number of rotatable bonds is 8. The monoisotopic (exact) mass is 641 g/mol. The topological polar surface area (TPSA) is 137 Å². The van der Waals surface area contributed by atoms with Crippen LogP contribution < -0.4 is 15.8 Å². The van der Waals surface area contributed by atoms with Gasteiger partial charge in [-0.3, -0.25) is 15.0 Å². The predicted molar refractivity (Wildman–Crippen MR) is 184 cm³/mol. The van der Waals surface area contributed by atoms with Crippen molar-refractivity contribution in [1.82, 2.24) is 24.5 Å². The van der Waals surface area contributed by atoms with E-state index in [4.69, 9.17) is 20.2 Å². The lowest BCUT2D eigenvalue weighted by Gasteiger charge is -2.31. The molecule has 2 amide bonds. The second-order valence-electron chi connectivity index (χ2n) is 12.0. The molecule has 1 fully saturated rings. The fraction of sp³-hybridized carbons (Fsp3) is 0.216. The quantitative estimate of drug-likeness (QED) is 0.199. The first-order valence-corrected chi connectivity index (χ1v) is 15.8. The number of nitrogens with two attached hydrogens (primary N) is 1. The van der Waals surface area contributed by atoms with Crippen LogP contribution >= 0.6 is 0 Å². The molecule has 0 saturated carbocycles. The molecule has 4 heterocycles. The van der Waals surface area contributed by atoms with Gasteiger partial charge in [0.25, 0.3) is 0 Å². The van der Waals surface area contributed by atoms with Gasteiger partial charge in [0.15, 0.2) is 11.3 Å². The predicted octanol–water partition coefficient (Wildman–Crippen LogP) is 6.24. The first-order chi connectivity index (χ1) is 23.3. The average molecular weight is 642 g/mol. The van der Waals surface area contributed by atoms with Crippen LogP contribution in [0.3, 0.4) is 0 Å². The summed E-state index contributed by atoms with van der Waals surface area (Å²) in [5.74, 6) is -0.243. The summed E-state index contributed by atoms with van der Waals surface area (Å²) in [6.07, 6.45) is 2.55. The van der Waals surface area contributed by atoms with Crippen molar-refractivity contribution in [1.29, 1.82) is 0 Å². The van der Waals surface area contributed by atoms with Crippen LogP contribution in [0, 0.1) is 6.92 Å². The van der Waals surface area contributed by atoms with E-state index in [0.717, 1.165) is 77.2 Å². The summed E-state index contributed by atoms with van der Waals surface area (Å²) in [5.41, 5.74) is 13.7. The molecule has 3 aromatic carbocycles. The van der Waals surface area contributed by atoms with Gasteiger partial charge in [0, 0.05) is 54.0 Å². The van der Waals surface area contributed by atoms with E-state index in [0.29, 0.717) is 17.0 Å². The van der Waals surface area contributed by atoms with Crippen LogP contribution in [0.25, 0.3) is 39.1 Å². The van der Waals surface area contributed by atoms with Gasteiger partial charge in [-0.1, -0.05) is 54.6 Å². The summed E-state index contributed by atoms with van der Waals surface area (Å²) in [6, 6.07) is 27.5. The Hall–Kier alpha value is -5.81. The number of piperidine rings is 1. The Labute approximate surface area is 277 Å². The van der Waals surface area contributed by atoms with Crippen LogP contribution in [0.2, 0.25) is 0 Å². The Balaban J connectivity index is 1.02. The first kappa shape index (κ1) is 30.8. The molecule has 0 aliphatic carbocycles. The number of anilines is 1. The maximum Gasteiger partial charge on any atom is 0.412 e. The van der Waals surface area contributed by atoms with Crippen molar-refractivity contribution in [2.45, 2.75) is 32.4 Å². The van der Waals surface area contributed by atoms with E-state index in [-0.39, 0.29) is 6.10 Å². The third-order valence-electron chi connectivity index (χ3n) is 8.63. The molecule has 3 aromatic heterocycles. The minimum atomic E-state index is -0.575. The number of aryl methyl sites for hydroxylation is 1. The Morgan fingerprint density at radius 2 is 1.73 bits per heavy atom. The van der Waals surface area contributed by atoms with Crippen molar-refractivity contribution in [3.05, 3.63) is 108 Å². The van der Waals surface area contributed by atoms with Crippen molar-refractivity contribution >= 4 is 34.4 Å². The van der Waals surface area contributed by atoms with Crippen molar-refractivity contribution in [2.75, 3.05) is 25.5 Å². The average Bonchev–Trinajstić information content (AvgIpc) is 3.50. The Kier molecular flexibility index (Phi) is 8.43. The third kappa shape index (κ3) is 6.40. The van der Waals surface area contributed by atoms with Gasteiger partial charge in [0.05, 0.1) is 24.2 Å². The van der Waals surface area contributed by atoms with E-state index in [1.807, 2.05) is 41.9 Å². The van der Waals surface area contributed by atoms with Crippen LogP contribution in [0.4, 0.5) is 10.5 Å². The molecule has 3 N–H and O–H groups in total. The number of ether oxygens (including phenoxy) is 2. The second kappa shape index (κ2) is 13.1. The normalized spacial score (nSPS) is 13.9. The number of hydrogen-bond donors (Lipinski definition) is 2. The minimum absolute atomic E-state index is 0.199. The van der Waals surface area contributed by atoms with E-state index in [1.165, 1.54) is 24.8 Å². The zero-order chi connectivity index (χ0) is 33.2.